The van der Waals surface area contributed by atoms with Crippen molar-refractivity contribution in [3.63, 3.8) is 0 Å². The lowest BCUT2D eigenvalue weighted by molar-refractivity contribution is -0.119. The van der Waals surface area contributed by atoms with Crippen LogP contribution in [0.5, 0.6) is 0 Å². The number of aromatic nitrogens is 1. The van der Waals surface area contributed by atoms with Crippen molar-refractivity contribution in [1.82, 2.24) is 4.98 Å². The predicted octanol–water partition coefficient (Wildman–Crippen LogP) is 4.76. The summed E-state index contributed by atoms with van der Waals surface area (Å²) in [6.45, 7) is -0.359. The molecule has 0 aliphatic carbocycles. The van der Waals surface area contributed by atoms with Crippen LogP contribution >= 0.6 is 11.3 Å². The van der Waals surface area contributed by atoms with Crippen molar-refractivity contribution in [3.8, 4) is 10.6 Å². The van der Waals surface area contributed by atoms with Crippen LogP contribution in [0.25, 0.3) is 20.8 Å². The highest BCUT2D eigenvalue weighted by molar-refractivity contribution is 7.21. The molecule has 0 unspecified atom stereocenters. The molecule has 138 valence electrons. The first kappa shape index (κ1) is 17.9. The zero-order valence-corrected chi connectivity index (χ0v) is 15.6. The number of carbonyl (C=O) groups excluding carboxylic acids is 2. The zero-order chi connectivity index (χ0) is 19.3. The minimum atomic E-state index is -0.557. The van der Waals surface area contributed by atoms with Gasteiger partial charge >= 0.3 is 5.97 Å². The van der Waals surface area contributed by atoms with Crippen LogP contribution in [0.4, 0.5) is 5.69 Å². The third-order valence-electron chi connectivity index (χ3n) is 4.06. The molecule has 6 heteroatoms. The van der Waals surface area contributed by atoms with Crippen molar-refractivity contribution in [2.45, 2.75) is 0 Å². The van der Waals surface area contributed by atoms with Crippen molar-refractivity contribution in [2.75, 3.05) is 11.9 Å². The standard InChI is InChI=1S/C22H16N2O3S/c25-20(23-15-8-2-1-3-9-15)14-27-22(26)17-11-5-4-10-16(17)21-24-18-12-6-7-13-19(18)28-21/h1-13H,14H2,(H,23,25). The number of amides is 1. The van der Waals surface area contributed by atoms with Gasteiger partial charge in [0.25, 0.3) is 5.91 Å². The second kappa shape index (κ2) is 8.02. The van der Waals surface area contributed by atoms with Crippen LogP contribution in [-0.2, 0) is 9.53 Å². The largest absolute Gasteiger partial charge is 0.452 e. The van der Waals surface area contributed by atoms with Crippen LogP contribution in [0.15, 0.2) is 78.9 Å². The lowest BCUT2D eigenvalue weighted by Gasteiger charge is -2.08. The summed E-state index contributed by atoms with van der Waals surface area (Å²) >= 11 is 1.51. The number of hydrogen-bond donors (Lipinski definition) is 1. The fourth-order valence-corrected chi connectivity index (χ4v) is 3.77. The number of benzene rings is 3. The molecule has 28 heavy (non-hydrogen) atoms. The highest BCUT2D eigenvalue weighted by Gasteiger charge is 2.17. The first-order chi connectivity index (χ1) is 13.7. The Bertz CT molecular complexity index is 1110. The quantitative estimate of drug-likeness (QED) is 0.501. The first-order valence-electron chi connectivity index (χ1n) is 8.68. The number of rotatable bonds is 5. The Morgan fingerprint density at radius 3 is 2.43 bits per heavy atom. The smallest absolute Gasteiger partial charge is 0.339 e. The van der Waals surface area contributed by atoms with Crippen molar-refractivity contribution in [2.24, 2.45) is 0 Å². The second-order valence-corrected chi connectivity index (χ2v) is 7.05. The summed E-state index contributed by atoms with van der Waals surface area (Å²) in [4.78, 5) is 29.2. The van der Waals surface area contributed by atoms with Crippen LogP contribution in [0.1, 0.15) is 10.4 Å². The van der Waals surface area contributed by atoms with Gasteiger partial charge < -0.3 is 10.1 Å². The fourth-order valence-electron chi connectivity index (χ4n) is 2.76. The molecule has 1 aromatic heterocycles. The summed E-state index contributed by atoms with van der Waals surface area (Å²) in [5.41, 5.74) is 2.61. The maximum atomic E-state index is 12.6. The van der Waals surface area contributed by atoms with Crippen LogP contribution < -0.4 is 5.32 Å². The van der Waals surface area contributed by atoms with Gasteiger partial charge in [-0.2, -0.15) is 0 Å². The average molecular weight is 388 g/mol. The zero-order valence-electron chi connectivity index (χ0n) is 14.8. The normalized spacial score (nSPS) is 10.6. The van der Waals surface area contributed by atoms with Crippen molar-refractivity contribution in [1.29, 1.82) is 0 Å². The van der Waals surface area contributed by atoms with Gasteiger partial charge in [0, 0.05) is 11.3 Å². The van der Waals surface area contributed by atoms with Crippen LogP contribution in [0.2, 0.25) is 0 Å². The molecule has 0 saturated heterocycles. The number of thiazole rings is 1. The van der Waals surface area contributed by atoms with Crippen molar-refractivity contribution >= 4 is 39.1 Å². The number of para-hydroxylation sites is 2. The predicted molar refractivity (Wildman–Crippen MR) is 110 cm³/mol. The van der Waals surface area contributed by atoms with E-state index in [4.69, 9.17) is 4.74 Å². The Kier molecular flexibility index (Phi) is 5.12. The maximum Gasteiger partial charge on any atom is 0.339 e. The van der Waals surface area contributed by atoms with Crippen molar-refractivity contribution in [3.05, 3.63) is 84.4 Å². The highest BCUT2D eigenvalue weighted by atomic mass is 32.1. The van der Waals surface area contributed by atoms with Crippen LogP contribution in [-0.4, -0.2) is 23.5 Å². The Labute approximate surface area is 165 Å². The number of carbonyl (C=O) groups is 2. The van der Waals surface area contributed by atoms with E-state index in [0.717, 1.165) is 15.2 Å². The third kappa shape index (κ3) is 3.92. The summed E-state index contributed by atoms with van der Waals surface area (Å²) in [6, 6.07) is 23.9. The fraction of sp³-hybridized carbons (Fsp3) is 0.0455. The number of esters is 1. The van der Waals surface area contributed by atoms with Gasteiger partial charge in [-0.15, -0.1) is 11.3 Å². The molecule has 1 amide bonds. The molecule has 0 atom stereocenters. The molecule has 4 rings (SSSR count). The number of hydrogen-bond acceptors (Lipinski definition) is 5. The second-order valence-electron chi connectivity index (χ2n) is 6.02. The molecule has 0 aliphatic heterocycles. The van der Waals surface area contributed by atoms with Crippen LogP contribution in [0, 0.1) is 0 Å². The molecule has 0 saturated carbocycles. The summed E-state index contributed by atoms with van der Waals surface area (Å²) in [6.07, 6.45) is 0. The van der Waals surface area contributed by atoms with E-state index in [2.05, 4.69) is 10.3 Å². The molecule has 5 nitrogen and oxygen atoms in total. The molecule has 0 aliphatic rings. The molecule has 0 fully saturated rings. The molecular formula is C22H16N2O3S. The number of anilines is 1. The monoisotopic (exact) mass is 388 g/mol. The molecule has 1 N–H and O–H groups in total. The molecule has 1 heterocycles. The minimum Gasteiger partial charge on any atom is -0.452 e. The Morgan fingerprint density at radius 1 is 0.893 bits per heavy atom. The summed E-state index contributed by atoms with van der Waals surface area (Å²) in [7, 11) is 0. The van der Waals surface area contributed by atoms with Gasteiger partial charge in [-0.1, -0.05) is 48.5 Å². The number of ether oxygens (including phenoxy) is 1. The van der Waals surface area contributed by atoms with Crippen LogP contribution in [0.3, 0.4) is 0 Å². The SMILES string of the molecule is O=C(COC(=O)c1ccccc1-c1nc2ccccc2s1)Nc1ccccc1. The van der Waals surface area contributed by atoms with E-state index in [9.17, 15) is 9.59 Å². The highest BCUT2D eigenvalue weighted by Crippen LogP contribution is 2.32. The van der Waals surface area contributed by atoms with E-state index in [0.29, 0.717) is 16.8 Å². The molecule has 3 aromatic carbocycles. The Balaban J connectivity index is 1.50. The van der Waals surface area contributed by atoms with E-state index >= 15 is 0 Å². The minimum absolute atomic E-state index is 0.359. The summed E-state index contributed by atoms with van der Waals surface area (Å²) in [5, 5.41) is 3.42. The lowest BCUT2D eigenvalue weighted by Crippen LogP contribution is -2.21. The van der Waals surface area contributed by atoms with Gasteiger partial charge in [-0.3, -0.25) is 4.79 Å². The number of fused-ring (bicyclic) bond motifs is 1. The average Bonchev–Trinajstić information content (AvgIpc) is 3.17. The summed E-state index contributed by atoms with van der Waals surface area (Å²) < 4.78 is 6.27. The van der Waals surface area contributed by atoms with E-state index in [-0.39, 0.29) is 6.61 Å². The molecule has 0 radical (unpaired) electrons. The van der Waals surface area contributed by atoms with E-state index in [1.54, 1.807) is 24.3 Å². The number of nitrogens with zero attached hydrogens (tertiary/aromatic N) is 1. The Morgan fingerprint density at radius 2 is 1.61 bits per heavy atom. The third-order valence-corrected chi connectivity index (χ3v) is 5.13. The molecule has 0 spiro atoms. The lowest BCUT2D eigenvalue weighted by atomic mass is 10.1. The maximum absolute atomic E-state index is 12.6. The van der Waals surface area contributed by atoms with Gasteiger partial charge in [0.05, 0.1) is 15.8 Å². The van der Waals surface area contributed by atoms with Gasteiger partial charge in [0.15, 0.2) is 6.61 Å². The Hall–Kier alpha value is -3.51. The van der Waals surface area contributed by atoms with Gasteiger partial charge in [0.2, 0.25) is 0 Å². The topological polar surface area (TPSA) is 68.3 Å². The van der Waals surface area contributed by atoms with Gasteiger partial charge in [-0.05, 0) is 30.3 Å². The van der Waals surface area contributed by atoms with Gasteiger partial charge in [0.1, 0.15) is 5.01 Å². The van der Waals surface area contributed by atoms with Crippen molar-refractivity contribution < 1.29 is 14.3 Å². The molecule has 0 bridgehead atoms. The molecule has 4 aromatic rings. The van der Waals surface area contributed by atoms with E-state index < -0.39 is 11.9 Å². The summed E-state index contributed by atoms with van der Waals surface area (Å²) in [5.74, 6) is -0.949. The number of nitrogens with one attached hydrogen (secondary N) is 1. The van der Waals surface area contributed by atoms with E-state index in [1.807, 2.05) is 54.6 Å². The van der Waals surface area contributed by atoms with E-state index in [1.165, 1.54) is 11.3 Å². The first-order valence-corrected chi connectivity index (χ1v) is 9.49. The molecular weight excluding hydrogens is 372 g/mol. The van der Waals surface area contributed by atoms with Gasteiger partial charge in [-0.25, -0.2) is 9.78 Å².